The molecule has 0 saturated carbocycles. The maximum Gasteiger partial charge on any atom is 0.254 e. The molecule has 31 heavy (non-hydrogen) atoms. The van der Waals surface area contributed by atoms with Crippen LogP contribution < -0.4 is 4.74 Å². The van der Waals surface area contributed by atoms with Gasteiger partial charge in [-0.15, -0.1) is 0 Å². The quantitative estimate of drug-likeness (QED) is 0.460. The van der Waals surface area contributed by atoms with Crippen LogP contribution in [-0.2, 0) is 13.0 Å². The van der Waals surface area contributed by atoms with E-state index >= 15 is 0 Å². The van der Waals surface area contributed by atoms with Gasteiger partial charge in [0.25, 0.3) is 5.91 Å². The molecule has 0 spiro atoms. The normalized spacial score (nSPS) is 16.0. The van der Waals surface area contributed by atoms with Gasteiger partial charge in [-0.2, -0.15) is 0 Å². The first kappa shape index (κ1) is 19.4. The molecule has 1 amide bonds. The molecule has 1 aliphatic rings. The monoisotopic (exact) mass is 411 g/mol. The van der Waals surface area contributed by atoms with Crippen LogP contribution in [0.3, 0.4) is 0 Å². The number of carbonyl (C=O) groups is 1. The molecule has 0 bridgehead atoms. The number of pyridine rings is 1. The Kier molecular flexibility index (Phi) is 5.40. The van der Waals surface area contributed by atoms with Gasteiger partial charge >= 0.3 is 0 Å². The predicted molar refractivity (Wildman–Crippen MR) is 120 cm³/mol. The maximum absolute atomic E-state index is 13.2. The lowest BCUT2D eigenvalue weighted by Gasteiger charge is -2.25. The third-order valence-electron chi connectivity index (χ3n) is 5.83. The molecule has 4 aromatic rings. The molecule has 156 valence electrons. The van der Waals surface area contributed by atoms with E-state index in [1.165, 1.54) is 5.56 Å². The second-order valence-corrected chi connectivity index (χ2v) is 8.00. The van der Waals surface area contributed by atoms with E-state index in [-0.39, 0.29) is 11.9 Å². The summed E-state index contributed by atoms with van der Waals surface area (Å²) in [6.45, 7) is 1.17. The number of hydrogen-bond acceptors (Lipinski definition) is 3. The van der Waals surface area contributed by atoms with E-state index in [0.717, 1.165) is 37.1 Å². The molecule has 5 heteroatoms. The lowest BCUT2D eigenvalue weighted by Crippen LogP contribution is -2.36. The van der Waals surface area contributed by atoms with Gasteiger partial charge in [0, 0.05) is 30.5 Å². The first-order valence-electron chi connectivity index (χ1n) is 10.8. The zero-order valence-corrected chi connectivity index (χ0v) is 17.4. The van der Waals surface area contributed by atoms with Gasteiger partial charge in [0.2, 0.25) is 0 Å². The number of carbonyl (C=O) groups excluding carboxylic acids is 1. The summed E-state index contributed by atoms with van der Waals surface area (Å²) in [5.41, 5.74) is 3.69. The highest BCUT2D eigenvalue weighted by molar-refractivity contribution is 5.95. The molecule has 0 radical (unpaired) electrons. The van der Waals surface area contributed by atoms with E-state index < -0.39 is 0 Å². The number of aromatic nitrogens is 2. The molecule has 0 N–H and O–H groups in total. The Morgan fingerprint density at radius 1 is 1.03 bits per heavy atom. The molecular formula is C26H25N3O2. The SMILES string of the molecule is O=C(c1cccc(OCc2cn3ccccc3n2)c1)N1CCC[C@H]1Cc1ccccc1. The molecule has 1 fully saturated rings. The zero-order chi connectivity index (χ0) is 21.0. The summed E-state index contributed by atoms with van der Waals surface area (Å²) in [7, 11) is 0. The number of benzene rings is 2. The molecule has 5 rings (SSSR count). The molecule has 0 aliphatic carbocycles. The molecule has 1 atom stereocenters. The number of likely N-dealkylation sites (tertiary alicyclic amines) is 1. The Balaban J connectivity index is 1.27. The van der Waals surface area contributed by atoms with Crippen LogP contribution in [0.4, 0.5) is 0 Å². The van der Waals surface area contributed by atoms with Gasteiger partial charge < -0.3 is 14.0 Å². The third-order valence-corrected chi connectivity index (χ3v) is 5.83. The highest BCUT2D eigenvalue weighted by Crippen LogP contribution is 2.25. The van der Waals surface area contributed by atoms with Gasteiger partial charge in [-0.1, -0.05) is 42.5 Å². The van der Waals surface area contributed by atoms with E-state index in [9.17, 15) is 4.79 Å². The van der Waals surface area contributed by atoms with Crippen LogP contribution >= 0.6 is 0 Å². The Morgan fingerprint density at radius 3 is 2.77 bits per heavy atom. The minimum Gasteiger partial charge on any atom is -0.487 e. The average molecular weight is 412 g/mol. The Morgan fingerprint density at radius 2 is 1.90 bits per heavy atom. The number of rotatable bonds is 6. The topological polar surface area (TPSA) is 46.8 Å². The van der Waals surface area contributed by atoms with Crippen molar-refractivity contribution in [3.05, 3.63) is 102 Å². The third kappa shape index (κ3) is 4.31. The minimum absolute atomic E-state index is 0.0802. The summed E-state index contributed by atoms with van der Waals surface area (Å²) in [4.78, 5) is 19.8. The number of hydrogen-bond donors (Lipinski definition) is 0. The van der Waals surface area contributed by atoms with Crippen molar-refractivity contribution in [1.29, 1.82) is 0 Å². The van der Waals surface area contributed by atoms with E-state index in [4.69, 9.17) is 4.74 Å². The van der Waals surface area contributed by atoms with Crippen molar-refractivity contribution in [2.45, 2.75) is 31.9 Å². The first-order valence-corrected chi connectivity index (χ1v) is 10.8. The van der Waals surface area contributed by atoms with E-state index in [0.29, 0.717) is 17.9 Å². The lowest BCUT2D eigenvalue weighted by molar-refractivity contribution is 0.0736. The number of fused-ring (bicyclic) bond motifs is 1. The number of nitrogens with zero attached hydrogens (tertiary/aromatic N) is 3. The van der Waals surface area contributed by atoms with Crippen LogP contribution in [0.15, 0.2) is 85.2 Å². The largest absolute Gasteiger partial charge is 0.487 e. The molecule has 1 saturated heterocycles. The highest BCUT2D eigenvalue weighted by Gasteiger charge is 2.29. The lowest BCUT2D eigenvalue weighted by atomic mass is 10.0. The zero-order valence-electron chi connectivity index (χ0n) is 17.4. The van der Waals surface area contributed by atoms with Crippen molar-refractivity contribution in [3.8, 4) is 5.75 Å². The summed E-state index contributed by atoms with van der Waals surface area (Å²) < 4.78 is 7.92. The standard InChI is InChI=1S/C26H25N3O2/c30-26(29-15-7-11-23(29)16-20-8-2-1-3-9-20)21-10-6-12-24(17-21)31-19-22-18-28-14-5-4-13-25(28)27-22/h1-6,8-10,12-14,17-18,23H,7,11,15-16,19H2/t23-/m0/s1. The van der Waals surface area contributed by atoms with Crippen molar-refractivity contribution in [2.24, 2.45) is 0 Å². The van der Waals surface area contributed by atoms with Crippen LogP contribution in [-0.4, -0.2) is 32.8 Å². The molecular weight excluding hydrogens is 386 g/mol. The highest BCUT2D eigenvalue weighted by atomic mass is 16.5. The number of ether oxygens (including phenoxy) is 1. The summed E-state index contributed by atoms with van der Waals surface area (Å²) in [6.07, 6.45) is 6.92. The van der Waals surface area contributed by atoms with E-state index in [2.05, 4.69) is 29.2 Å². The van der Waals surface area contributed by atoms with Crippen LogP contribution in [0.1, 0.15) is 34.5 Å². The predicted octanol–water partition coefficient (Wildman–Crippen LogP) is 4.76. The van der Waals surface area contributed by atoms with Crippen LogP contribution in [0.25, 0.3) is 5.65 Å². The fourth-order valence-electron chi connectivity index (χ4n) is 4.30. The Hall–Kier alpha value is -3.60. The maximum atomic E-state index is 13.2. The number of imidazole rings is 1. The molecule has 0 unspecified atom stereocenters. The fraction of sp³-hybridized carbons (Fsp3) is 0.231. The van der Waals surface area contributed by atoms with Crippen LogP contribution in [0, 0.1) is 0 Å². The summed E-state index contributed by atoms with van der Waals surface area (Å²) in [5.74, 6) is 0.762. The van der Waals surface area contributed by atoms with Crippen molar-refractivity contribution in [3.63, 3.8) is 0 Å². The van der Waals surface area contributed by atoms with Gasteiger partial charge in [0.1, 0.15) is 18.0 Å². The fourth-order valence-corrected chi connectivity index (χ4v) is 4.30. The number of amides is 1. The molecule has 3 heterocycles. The van der Waals surface area contributed by atoms with Gasteiger partial charge in [0.15, 0.2) is 0 Å². The van der Waals surface area contributed by atoms with E-state index in [1.807, 2.05) is 70.2 Å². The summed E-state index contributed by atoms with van der Waals surface area (Å²) >= 11 is 0. The molecule has 1 aliphatic heterocycles. The average Bonchev–Trinajstić information content (AvgIpc) is 3.44. The molecule has 5 nitrogen and oxygen atoms in total. The van der Waals surface area contributed by atoms with Crippen molar-refractivity contribution in [2.75, 3.05) is 6.54 Å². The van der Waals surface area contributed by atoms with Gasteiger partial charge in [0.05, 0.1) is 5.69 Å². The van der Waals surface area contributed by atoms with Crippen molar-refractivity contribution >= 4 is 11.6 Å². The smallest absolute Gasteiger partial charge is 0.254 e. The van der Waals surface area contributed by atoms with Crippen LogP contribution in [0.2, 0.25) is 0 Å². The van der Waals surface area contributed by atoms with Gasteiger partial charge in [-0.25, -0.2) is 4.98 Å². The Bertz CT molecular complexity index is 1150. The second kappa shape index (κ2) is 8.64. The molecule has 2 aromatic carbocycles. The summed E-state index contributed by atoms with van der Waals surface area (Å²) in [6, 6.07) is 24.0. The Labute approximate surface area is 181 Å². The van der Waals surface area contributed by atoms with Gasteiger partial charge in [-0.05, 0) is 55.2 Å². The van der Waals surface area contributed by atoms with Crippen LogP contribution in [0.5, 0.6) is 5.75 Å². The second-order valence-electron chi connectivity index (χ2n) is 8.00. The first-order chi connectivity index (χ1) is 15.3. The van der Waals surface area contributed by atoms with Crippen molar-refractivity contribution in [1.82, 2.24) is 14.3 Å². The van der Waals surface area contributed by atoms with Crippen molar-refractivity contribution < 1.29 is 9.53 Å². The molecule has 2 aromatic heterocycles. The summed E-state index contributed by atoms with van der Waals surface area (Å²) in [5, 5.41) is 0. The van der Waals surface area contributed by atoms with Gasteiger partial charge in [-0.3, -0.25) is 4.79 Å². The minimum atomic E-state index is 0.0802. The van der Waals surface area contributed by atoms with E-state index in [1.54, 1.807) is 0 Å².